The number of benzene rings is 1. The van der Waals surface area contributed by atoms with E-state index in [9.17, 15) is 20.2 Å². The molecule has 0 radical (unpaired) electrons. The summed E-state index contributed by atoms with van der Waals surface area (Å²) in [6.45, 7) is 5.22. The van der Waals surface area contributed by atoms with E-state index in [2.05, 4.69) is 0 Å². The fourth-order valence-corrected chi connectivity index (χ4v) is 1.62. The van der Waals surface area contributed by atoms with Gasteiger partial charge < -0.3 is 10.0 Å². The lowest BCUT2D eigenvalue weighted by atomic mass is 9.75. The smallest absolute Gasteiger partial charge is 0.423 e. The summed E-state index contributed by atoms with van der Waals surface area (Å²) in [5.74, 6) is 0. The van der Waals surface area contributed by atoms with Crippen LogP contribution in [-0.2, 0) is 5.41 Å². The van der Waals surface area contributed by atoms with Crippen molar-refractivity contribution in [2.24, 2.45) is 0 Å². The molecule has 102 valence electrons. The second-order valence-corrected chi connectivity index (χ2v) is 5.07. The number of rotatable bonds is 3. The van der Waals surface area contributed by atoms with Crippen molar-refractivity contribution in [1.82, 2.24) is 0 Å². The molecule has 1 aromatic carbocycles. The molecule has 0 aromatic heterocycles. The maximum absolute atomic E-state index is 10.9. The summed E-state index contributed by atoms with van der Waals surface area (Å²) < 4.78 is 0. The van der Waals surface area contributed by atoms with E-state index in [0.29, 0.717) is 5.56 Å². The molecule has 0 spiro atoms. The Hall–Kier alpha value is -2.00. The van der Waals surface area contributed by atoms with Crippen LogP contribution in [0.4, 0.5) is 11.4 Å². The summed E-state index contributed by atoms with van der Waals surface area (Å²) in [4.78, 5) is 20.2. The van der Waals surface area contributed by atoms with E-state index in [-0.39, 0.29) is 0 Å². The topological polar surface area (TPSA) is 127 Å². The van der Waals surface area contributed by atoms with E-state index in [4.69, 9.17) is 10.0 Å². The zero-order valence-electron chi connectivity index (χ0n) is 10.7. The Morgan fingerprint density at radius 2 is 1.42 bits per heavy atom. The van der Waals surface area contributed by atoms with Crippen molar-refractivity contribution < 1.29 is 19.9 Å². The van der Waals surface area contributed by atoms with Gasteiger partial charge >= 0.3 is 7.12 Å². The van der Waals surface area contributed by atoms with Gasteiger partial charge in [0.05, 0.1) is 9.85 Å². The first kappa shape index (κ1) is 15.1. The maximum Gasteiger partial charge on any atom is 0.502 e. The summed E-state index contributed by atoms with van der Waals surface area (Å²) in [5, 5.41) is 40.1. The highest BCUT2D eigenvalue weighted by Gasteiger charge is 2.36. The highest BCUT2D eigenvalue weighted by molar-refractivity contribution is 6.61. The van der Waals surface area contributed by atoms with E-state index in [1.165, 1.54) is 0 Å². The molecule has 0 saturated carbocycles. The van der Waals surface area contributed by atoms with Crippen LogP contribution in [-0.4, -0.2) is 27.0 Å². The summed E-state index contributed by atoms with van der Waals surface area (Å²) in [7, 11) is -2.28. The van der Waals surface area contributed by atoms with E-state index in [1.54, 1.807) is 20.8 Å². The first-order chi connectivity index (χ1) is 8.55. The molecule has 0 aliphatic carbocycles. The molecule has 0 amide bonds. The largest absolute Gasteiger partial charge is 0.502 e. The van der Waals surface area contributed by atoms with Crippen molar-refractivity contribution in [2.75, 3.05) is 0 Å². The SMILES string of the molecule is CC(C)(C)c1cc([N+](=O)[O-])c(B(O)O)c([N+](=O)[O-])c1. The zero-order chi connectivity index (χ0) is 15.0. The van der Waals surface area contributed by atoms with Crippen molar-refractivity contribution in [1.29, 1.82) is 0 Å². The van der Waals surface area contributed by atoms with E-state index in [1.807, 2.05) is 0 Å². The molecular formula is C10H13BN2O6. The molecule has 0 atom stereocenters. The van der Waals surface area contributed by atoms with Gasteiger partial charge in [-0.1, -0.05) is 20.8 Å². The summed E-state index contributed by atoms with van der Waals surface area (Å²) in [6, 6.07) is 2.25. The molecule has 0 bridgehead atoms. The first-order valence-corrected chi connectivity index (χ1v) is 5.39. The second-order valence-electron chi connectivity index (χ2n) is 5.07. The number of nitrogens with zero attached hydrogens (tertiary/aromatic N) is 2. The van der Waals surface area contributed by atoms with Gasteiger partial charge in [0.2, 0.25) is 0 Å². The van der Waals surface area contributed by atoms with Crippen molar-refractivity contribution in [3.63, 3.8) is 0 Å². The van der Waals surface area contributed by atoms with Gasteiger partial charge in [0.1, 0.15) is 5.46 Å². The summed E-state index contributed by atoms with van der Waals surface area (Å²) in [5.41, 5.74) is -2.23. The van der Waals surface area contributed by atoms with E-state index < -0.39 is 39.2 Å². The Labute approximate surface area is 109 Å². The highest BCUT2D eigenvalue weighted by atomic mass is 16.6. The van der Waals surface area contributed by atoms with Gasteiger partial charge in [-0.25, -0.2) is 0 Å². The van der Waals surface area contributed by atoms with Crippen LogP contribution in [0.1, 0.15) is 26.3 Å². The van der Waals surface area contributed by atoms with Crippen molar-refractivity contribution in [3.8, 4) is 0 Å². The first-order valence-electron chi connectivity index (χ1n) is 5.39. The molecular weight excluding hydrogens is 255 g/mol. The van der Waals surface area contributed by atoms with Crippen LogP contribution in [0.15, 0.2) is 12.1 Å². The fourth-order valence-electron chi connectivity index (χ4n) is 1.62. The minimum atomic E-state index is -2.28. The normalized spacial score (nSPS) is 11.2. The van der Waals surface area contributed by atoms with Crippen LogP contribution in [0.5, 0.6) is 0 Å². The Morgan fingerprint density at radius 1 is 1.05 bits per heavy atom. The minimum absolute atomic E-state index is 0.371. The number of hydrogen-bond acceptors (Lipinski definition) is 6. The molecule has 0 heterocycles. The molecule has 0 aliphatic rings. The molecule has 9 heteroatoms. The Kier molecular flexibility index (Phi) is 3.92. The van der Waals surface area contributed by atoms with Crippen LogP contribution in [0.25, 0.3) is 0 Å². The predicted octanol–water partition coefficient (Wildman–Crippen LogP) is 0.480. The number of nitro benzene ring substituents is 2. The third-order valence-corrected chi connectivity index (χ3v) is 2.65. The monoisotopic (exact) mass is 268 g/mol. The van der Waals surface area contributed by atoms with Gasteiger partial charge in [-0.3, -0.25) is 20.2 Å². The molecule has 19 heavy (non-hydrogen) atoms. The van der Waals surface area contributed by atoms with Gasteiger partial charge in [0, 0.05) is 12.1 Å². The van der Waals surface area contributed by atoms with E-state index >= 15 is 0 Å². The summed E-state index contributed by atoms with van der Waals surface area (Å²) in [6.07, 6.45) is 0. The van der Waals surface area contributed by atoms with Gasteiger partial charge in [0.25, 0.3) is 11.4 Å². The molecule has 1 aromatic rings. The third kappa shape index (κ3) is 3.06. The van der Waals surface area contributed by atoms with Gasteiger partial charge in [0.15, 0.2) is 0 Å². The van der Waals surface area contributed by atoms with Crippen LogP contribution in [0.2, 0.25) is 0 Å². The Morgan fingerprint density at radius 3 is 1.63 bits per heavy atom. The second kappa shape index (κ2) is 4.94. The minimum Gasteiger partial charge on any atom is -0.423 e. The third-order valence-electron chi connectivity index (χ3n) is 2.65. The molecule has 0 unspecified atom stereocenters. The van der Waals surface area contributed by atoms with Crippen molar-refractivity contribution >= 4 is 24.0 Å². The molecule has 1 rings (SSSR count). The average molecular weight is 268 g/mol. The molecule has 2 N–H and O–H groups in total. The van der Waals surface area contributed by atoms with Gasteiger partial charge in [-0.2, -0.15) is 0 Å². The van der Waals surface area contributed by atoms with Gasteiger partial charge in [-0.05, 0) is 11.0 Å². The van der Waals surface area contributed by atoms with Crippen LogP contribution in [0, 0.1) is 20.2 Å². The molecule has 8 nitrogen and oxygen atoms in total. The van der Waals surface area contributed by atoms with Crippen LogP contribution in [0.3, 0.4) is 0 Å². The van der Waals surface area contributed by atoms with Crippen molar-refractivity contribution in [3.05, 3.63) is 37.9 Å². The zero-order valence-corrected chi connectivity index (χ0v) is 10.7. The molecule has 0 saturated heterocycles. The van der Waals surface area contributed by atoms with Crippen LogP contribution < -0.4 is 5.46 Å². The van der Waals surface area contributed by atoms with E-state index in [0.717, 1.165) is 12.1 Å². The average Bonchev–Trinajstić information content (AvgIpc) is 2.25. The molecule has 0 fully saturated rings. The summed E-state index contributed by atoms with van der Waals surface area (Å²) >= 11 is 0. The molecule has 0 aliphatic heterocycles. The predicted molar refractivity (Wildman–Crippen MR) is 68.3 cm³/mol. The maximum atomic E-state index is 10.9. The lowest BCUT2D eigenvalue weighted by Crippen LogP contribution is -2.35. The van der Waals surface area contributed by atoms with Gasteiger partial charge in [-0.15, -0.1) is 0 Å². The van der Waals surface area contributed by atoms with Crippen LogP contribution >= 0.6 is 0 Å². The number of hydrogen-bond donors (Lipinski definition) is 2. The Balaban J connectivity index is 3.73. The fraction of sp³-hybridized carbons (Fsp3) is 0.400. The number of nitro groups is 2. The van der Waals surface area contributed by atoms with Crippen molar-refractivity contribution in [2.45, 2.75) is 26.2 Å². The lowest BCUT2D eigenvalue weighted by Gasteiger charge is -2.19. The quantitative estimate of drug-likeness (QED) is 0.466. The standard InChI is InChI=1S/C10H13BN2O6/c1-10(2,3)6-4-7(12(16)17)9(11(14)15)8(5-6)13(18)19/h4-5,14-15H,1-3H3. The highest BCUT2D eigenvalue weighted by Crippen LogP contribution is 2.29. The Bertz CT molecular complexity index is 502. The lowest BCUT2D eigenvalue weighted by molar-refractivity contribution is -0.392.